The molecule has 0 saturated heterocycles. The molecule has 5 N–H and O–H groups in total. The average molecular weight is 474 g/mol. The molecule has 0 aliphatic rings. The molecule has 11 nitrogen and oxygen atoms in total. The molecule has 0 aliphatic carbocycles. The van der Waals surface area contributed by atoms with Gasteiger partial charge < -0.3 is 25.8 Å². The van der Waals surface area contributed by atoms with Gasteiger partial charge in [0.15, 0.2) is 12.0 Å². The van der Waals surface area contributed by atoms with Crippen LogP contribution in [-0.4, -0.2) is 61.6 Å². The predicted octanol–water partition coefficient (Wildman–Crippen LogP) is -1.55. The van der Waals surface area contributed by atoms with Gasteiger partial charge in [-0.2, -0.15) is 26.3 Å². The van der Waals surface area contributed by atoms with Crippen molar-refractivity contribution in [1.82, 2.24) is 15.1 Å². The molecule has 0 aromatic carbocycles. The van der Waals surface area contributed by atoms with Crippen molar-refractivity contribution in [3.8, 4) is 11.4 Å². The number of carboxylic acids is 3. The van der Waals surface area contributed by atoms with E-state index in [1.165, 1.54) is 4.68 Å². The van der Waals surface area contributed by atoms with Gasteiger partial charge in [-0.1, -0.05) is 4.68 Å². The van der Waals surface area contributed by atoms with Crippen LogP contribution < -0.4 is 15.5 Å². The highest BCUT2D eigenvalue weighted by Crippen LogP contribution is 2.13. The van der Waals surface area contributed by atoms with E-state index in [1.807, 2.05) is 0 Å². The number of hydrogen-bond donors (Lipinski definition) is 3. The summed E-state index contributed by atoms with van der Waals surface area (Å²) in [4.78, 5) is 36.6. The second-order valence-electron chi connectivity index (χ2n) is 5.33. The molecule has 0 saturated carbocycles. The van der Waals surface area contributed by atoms with Crippen LogP contribution in [0.4, 0.5) is 26.3 Å². The standard InChI is InChI=1S/C11H11N5O2.2C2HF3O2/c12-9(11(17)18)7-16-5-2-8(6-15-16)10-13-3-1-4-14-10;2*3-2(4,5)1(6)7/h1-6,9H,7,12H2;2*(H,6,7)/p+1/t9-;;/m0../s1. The van der Waals surface area contributed by atoms with Crippen LogP contribution in [0.5, 0.6) is 0 Å². The van der Waals surface area contributed by atoms with Crippen molar-refractivity contribution in [3.63, 3.8) is 0 Å². The number of quaternary nitrogens is 1. The Labute approximate surface area is 173 Å². The Kier molecular flexibility index (Phi) is 10.6. The summed E-state index contributed by atoms with van der Waals surface area (Å²) in [7, 11) is 0. The lowest BCUT2D eigenvalue weighted by molar-refractivity contribution is -0.770. The quantitative estimate of drug-likeness (QED) is 0.349. The van der Waals surface area contributed by atoms with E-state index < -0.39 is 36.3 Å². The fourth-order valence-corrected chi connectivity index (χ4v) is 1.38. The molecule has 0 bridgehead atoms. The highest BCUT2D eigenvalue weighted by molar-refractivity contribution is 5.73. The number of alkyl halides is 6. The van der Waals surface area contributed by atoms with Crippen molar-refractivity contribution >= 4 is 17.9 Å². The minimum atomic E-state index is -5.19. The van der Waals surface area contributed by atoms with Crippen molar-refractivity contribution in [2.75, 3.05) is 0 Å². The minimum Gasteiger partial charge on any atom is -0.542 e. The number of halogens is 6. The van der Waals surface area contributed by atoms with Gasteiger partial charge in [0.2, 0.25) is 12.6 Å². The maximum absolute atomic E-state index is 10.7. The lowest BCUT2D eigenvalue weighted by atomic mass is 10.3. The Morgan fingerprint density at radius 3 is 1.84 bits per heavy atom. The third kappa shape index (κ3) is 11.3. The molecule has 1 atom stereocenters. The first-order valence-corrected chi connectivity index (χ1v) is 7.83. The van der Waals surface area contributed by atoms with E-state index in [0.29, 0.717) is 5.82 Å². The van der Waals surface area contributed by atoms with Crippen molar-refractivity contribution < 1.29 is 66.5 Å². The van der Waals surface area contributed by atoms with Crippen LogP contribution >= 0.6 is 0 Å². The number of aliphatic carboxylic acids is 3. The van der Waals surface area contributed by atoms with E-state index in [-0.39, 0.29) is 6.54 Å². The molecular formula is C15H14F6N5O6+. The summed E-state index contributed by atoms with van der Waals surface area (Å²) in [5.74, 6) is -6.12. The van der Waals surface area contributed by atoms with Crippen molar-refractivity contribution in [3.05, 3.63) is 36.9 Å². The van der Waals surface area contributed by atoms with Gasteiger partial charge in [0, 0.05) is 24.0 Å². The molecule has 0 radical (unpaired) electrons. The molecule has 2 aromatic heterocycles. The zero-order chi connectivity index (χ0) is 25.1. The predicted molar refractivity (Wildman–Crippen MR) is 84.5 cm³/mol. The van der Waals surface area contributed by atoms with Gasteiger partial charge in [-0.05, 0) is 11.2 Å². The van der Waals surface area contributed by atoms with Gasteiger partial charge >= 0.3 is 24.3 Å². The van der Waals surface area contributed by atoms with Crippen molar-refractivity contribution in [1.29, 1.82) is 0 Å². The summed E-state index contributed by atoms with van der Waals surface area (Å²) in [5, 5.41) is 28.8. The van der Waals surface area contributed by atoms with E-state index in [0.717, 1.165) is 5.56 Å². The van der Waals surface area contributed by atoms with Crippen molar-refractivity contribution in [2.45, 2.75) is 24.9 Å². The third-order valence-corrected chi connectivity index (χ3v) is 2.83. The zero-order valence-electron chi connectivity index (χ0n) is 15.5. The number of hydrogen-bond acceptors (Lipinski definition) is 7. The third-order valence-electron chi connectivity index (χ3n) is 2.83. The van der Waals surface area contributed by atoms with E-state index in [2.05, 4.69) is 20.8 Å². The molecule has 2 aromatic rings. The second kappa shape index (κ2) is 12.1. The van der Waals surface area contributed by atoms with Gasteiger partial charge in [-0.25, -0.2) is 19.6 Å². The Hall–Kier alpha value is -3.89. The zero-order valence-corrected chi connectivity index (χ0v) is 15.5. The number of carbonyl (C=O) groups is 3. The first kappa shape index (κ1) is 28.1. The Morgan fingerprint density at radius 1 is 1.06 bits per heavy atom. The molecule has 0 unspecified atom stereocenters. The van der Waals surface area contributed by atoms with Crippen LogP contribution in [-0.2, 0) is 20.9 Å². The SMILES string of the molecule is O=C(O)C(F)(F)F.O=C([O-])C(F)(F)F.[NH3+][C@@H](C[n+]1ccc(-c2ncccn2)cn1)C(=O)O. The maximum Gasteiger partial charge on any atom is 0.490 e. The van der Waals surface area contributed by atoms with Crippen LogP contribution in [0.2, 0.25) is 0 Å². The van der Waals surface area contributed by atoms with E-state index in [9.17, 15) is 31.1 Å². The van der Waals surface area contributed by atoms with Gasteiger partial charge in [0.1, 0.15) is 12.2 Å². The summed E-state index contributed by atoms with van der Waals surface area (Å²) in [5.41, 5.74) is 4.31. The van der Waals surface area contributed by atoms with Crippen LogP contribution in [0.15, 0.2) is 36.9 Å². The van der Waals surface area contributed by atoms with Crippen LogP contribution in [0.1, 0.15) is 0 Å². The first-order chi connectivity index (χ1) is 14.6. The van der Waals surface area contributed by atoms with Gasteiger partial charge in [-0.15, -0.1) is 0 Å². The minimum absolute atomic E-state index is 0.227. The molecule has 2 heterocycles. The number of rotatable bonds is 4. The molecule has 32 heavy (non-hydrogen) atoms. The Balaban J connectivity index is 0.000000570. The van der Waals surface area contributed by atoms with Gasteiger partial charge in [0.05, 0.1) is 0 Å². The first-order valence-electron chi connectivity index (χ1n) is 7.83. The summed E-state index contributed by atoms with van der Waals surface area (Å²) in [6.45, 7) is 0.227. The lowest BCUT2D eigenvalue weighted by Gasteiger charge is -2.03. The smallest absolute Gasteiger partial charge is 0.490 e. The highest BCUT2D eigenvalue weighted by atomic mass is 19.4. The largest absolute Gasteiger partial charge is 0.542 e. The topological polar surface area (TPSA) is 185 Å². The Morgan fingerprint density at radius 2 is 1.53 bits per heavy atom. The van der Waals surface area contributed by atoms with Gasteiger partial charge in [0.25, 0.3) is 0 Å². The van der Waals surface area contributed by atoms with Gasteiger partial charge in [-0.3, -0.25) is 0 Å². The fraction of sp³-hybridized carbons (Fsp3) is 0.267. The summed E-state index contributed by atoms with van der Waals surface area (Å²) in [6, 6.07) is 2.80. The summed E-state index contributed by atoms with van der Waals surface area (Å²) >= 11 is 0. The van der Waals surface area contributed by atoms with E-state index in [1.54, 1.807) is 36.9 Å². The number of aromatic nitrogens is 4. The molecule has 0 spiro atoms. The van der Waals surface area contributed by atoms with Crippen molar-refractivity contribution in [2.24, 2.45) is 0 Å². The average Bonchev–Trinajstić information content (AvgIpc) is 2.68. The fourth-order valence-electron chi connectivity index (χ4n) is 1.38. The lowest BCUT2D eigenvalue weighted by Crippen LogP contribution is -2.70. The molecule has 0 amide bonds. The Bertz CT molecular complexity index is 868. The van der Waals surface area contributed by atoms with Crippen LogP contribution in [0.3, 0.4) is 0 Å². The van der Waals surface area contributed by atoms with E-state index in [4.69, 9.17) is 24.9 Å². The van der Waals surface area contributed by atoms with Crippen LogP contribution in [0, 0.1) is 0 Å². The maximum atomic E-state index is 10.7. The molecule has 17 heteroatoms. The van der Waals surface area contributed by atoms with Crippen LogP contribution in [0.25, 0.3) is 11.4 Å². The molecular weight excluding hydrogens is 460 g/mol. The highest BCUT2D eigenvalue weighted by Gasteiger charge is 2.38. The number of carbonyl (C=O) groups excluding carboxylic acids is 1. The molecule has 2 rings (SSSR count). The number of nitrogens with zero attached hydrogens (tertiary/aromatic N) is 4. The molecule has 176 valence electrons. The molecule has 0 aliphatic heterocycles. The number of carboxylic acid groups (broad SMARTS) is 3. The monoisotopic (exact) mass is 474 g/mol. The normalized spacial score (nSPS) is 11.7. The molecule has 0 fully saturated rings. The second-order valence-corrected chi connectivity index (χ2v) is 5.33. The summed E-state index contributed by atoms with van der Waals surface area (Å²) < 4.78 is 64.8. The van der Waals surface area contributed by atoms with E-state index >= 15 is 0 Å². The summed E-state index contributed by atoms with van der Waals surface area (Å²) in [6.07, 6.45) is -3.68.